The summed E-state index contributed by atoms with van der Waals surface area (Å²) in [5, 5.41) is 4.52. The average molecular weight is 370 g/mol. The van der Waals surface area contributed by atoms with Gasteiger partial charge in [0.15, 0.2) is 0 Å². The number of ether oxygens (including phenoxy) is 2. The number of anilines is 1. The number of hydrogen-bond donors (Lipinski definition) is 1. The van der Waals surface area contributed by atoms with Crippen molar-refractivity contribution in [3.8, 4) is 5.75 Å². The van der Waals surface area contributed by atoms with Gasteiger partial charge >= 0.3 is 0 Å². The zero-order valence-corrected chi connectivity index (χ0v) is 15.7. The smallest absolute Gasteiger partial charge is 0.119 e. The van der Waals surface area contributed by atoms with Crippen LogP contribution in [0.15, 0.2) is 54.6 Å². The fourth-order valence-corrected chi connectivity index (χ4v) is 4.25. The Morgan fingerprint density at radius 1 is 1.15 bits per heavy atom. The van der Waals surface area contributed by atoms with E-state index in [-0.39, 0.29) is 6.04 Å². The van der Waals surface area contributed by atoms with Crippen LogP contribution in [0.5, 0.6) is 5.75 Å². The third-order valence-electron chi connectivity index (χ3n) is 5.24. The molecule has 0 spiro atoms. The Morgan fingerprint density at radius 2 is 2.08 bits per heavy atom. The van der Waals surface area contributed by atoms with Gasteiger partial charge in [-0.3, -0.25) is 0 Å². The van der Waals surface area contributed by atoms with Crippen LogP contribution >= 0.6 is 11.6 Å². The lowest BCUT2D eigenvalue weighted by Crippen LogP contribution is -2.29. The predicted molar refractivity (Wildman–Crippen MR) is 106 cm³/mol. The highest BCUT2D eigenvalue weighted by Crippen LogP contribution is 2.50. The van der Waals surface area contributed by atoms with Gasteiger partial charge in [-0.15, -0.1) is 0 Å². The highest BCUT2D eigenvalue weighted by Gasteiger charge is 2.38. The maximum Gasteiger partial charge on any atom is 0.119 e. The van der Waals surface area contributed by atoms with Crippen molar-refractivity contribution in [2.75, 3.05) is 25.1 Å². The molecule has 2 aromatic rings. The first kappa shape index (κ1) is 17.4. The minimum absolute atomic E-state index is 0.269. The van der Waals surface area contributed by atoms with Crippen molar-refractivity contribution in [3.63, 3.8) is 0 Å². The third-order valence-corrected chi connectivity index (χ3v) is 5.48. The Morgan fingerprint density at radius 3 is 2.92 bits per heavy atom. The molecule has 1 aliphatic carbocycles. The van der Waals surface area contributed by atoms with Crippen molar-refractivity contribution in [3.05, 3.63) is 70.8 Å². The lowest BCUT2D eigenvalue weighted by molar-refractivity contribution is 0.110. The van der Waals surface area contributed by atoms with E-state index in [1.54, 1.807) is 0 Å². The van der Waals surface area contributed by atoms with E-state index in [2.05, 4.69) is 41.7 Å². The normalized spacial score (nSPS) is 23.2. The molecule has 1 N–H and O–H groups in total. The van der Waals surface area contributed by atoms with Crippen LogP contribution in [0.4, 0.5) is 5.69 Å². The van der Waals surface area contributed by atoms with E-state index in [1.807, 2.05) is 25.1 Å². The van der Waals surface area contributed by atoms with E-state index in [4.69, 9.17) is 21.1 Å². The number of benzene rings is 2. The summed E-state index contributed by atoms with van der Waals surface area (Å²) in [7, 11) is 0. The van der Waals surface area contributed by atoms with Crippen LogP contribution in [0.2, 0.25) is 5.02 Å². The van der Waals surface area contributed by atoms with E-state index in [9.17, 15) is 0 Å². The zero-order chi connectivity index (χ0) is 17.9. The van der Waals surface area contributed by atoms with Crippen LogP contribution < -0.4 is 10.1 Å². The molecule has 0 fully saturated rings. The van der Waals surface area contributed by atoms with Crippen LogP contribution in [0.25, 0.3) is 0 Å². The van der Waals surface area contributed by atoms with Crippen LogP contribution in [0.3, 0.4) is 0 Å². The number of nitrogens with one attached hydrogen (secondary N) is 1. The summed E-state index contributed by atoms with van der Waals surface area (Å²) in [6.07, 6.45) is 5.71. The lowest BCUT2D eigenvalue weighted by Gasteiger charge is -2.37. The van der Waals surface area contributed by atoms with E-state index in [0.717, 1.165) is 23.8 Å². The fourth-order valence-electron chi connectivity index (χ4n) is 4.06. The number of fused-ring (bicyclic) bond motifs is 3. The van der Waals surface area contributed by atoms with Crippen molar-refractivity contribution >= 4 is 17.3 Å². The van der Waals surface area contributed by atoms with Gasteiger partial charge in [-0.05, 0) is 60.7 Å². The maximum absolute atomic E-state index is 6.23. The maximum atomic E-state index is 6.23. The van der Waals surface area contributed by atoms with Crippen molar-refractivity contribution in [1.29, 1.82) is 0 Å². The molecule has 0 bridgehead atoms. The summed E-state index contributed by atoms with van der Waals surface area (Å²) < 4.78 is 11.2. The van der Waals surface area contributed by atoms with E-state index < -0.39 is 0 Å². The van der Waals surface area contributed by atoms with E-state index >= 15 is 0 Å². The quantitative estimate of drug-likeness (QED) is 0.532. The molecule has 4 heteroatoms. The van der Waals surface area contributed by atoms with Gasteiger partial charge in [-0.1, -0.05) is 35.9 Å². The number of rotatable bonds is 6. The summed E-state index contributed by atoms with van der Waals surface area (Å²) in [5.74, 6) is 1.82. The van der Waals surface area contributed by atoms with Crippen LogP contribution in [-0.2, 0) is 4.74 Å². The number of halogens is 1. The Hall–Kier alpha value is -1.97. The highest BCUT2D eigenvalue weighted by molar-refractivity contribution is 6.30. The summed E-state index contributed by atoms with van der Waals surface area (Å²) in [6.45, 7) is 3.91. The number of hydrogen-bond acceptors (Lipinski definition) is 3. The molecule has 3 atom stereocenters. The first-order valence-electron chi connectivity index (χ1n) is 9.29. The molecule has 1 aliphatic heterocycles. The van der Waals surface area contributed by atoms with Crippen LogP contribution in [-0.4, -0.2) is 19.8 Å². The first-order chi connectivity index (χ1) is 12.8. The molecule has 2 aromatic carbocycles. The molecule has 0 amide bonds. The van der Waals surface area contributed by atoms with Gasteiger partial charge in [0.2, 0.25) is 0 Å². The van der Waals surface area contributed by atoms with Gasteiger partial charge in [-0.2, -0.15) is 0 Å². The molecular weight excluding hydrogens is 346 g/mol. The first-order valence-corrected chi connectivity index (χ1v) is 9.67. The van der Waals surface area contributed by atoms with E-state index in [0.29, 0.717) is 25.0 Å². The molecule has 0 radical (unpaired) electrons. The van der Waals surface area contributed by atoms with Gasteiger partial charge < -0.3 is 14.8 Å². The van der Waals surface area contributed by atoms with E-state index in [1.165, 1.54) is 16.8 Å². The minimum atomic E-state index is 0.269. The van der Waals surface area contributed by atoms with Gasteiger partial charge in [0.1, 0.15) is 12.4 Å². The summed E-state index contributed by atoms with van der Waals surface area (Å²) >= 11 is 6.23. The van der Waals surface area contributed by atoms with Crippen LogP contribution in [0.1, 0.15) is 36.4 Å². The topological polar surface area (TPSA) is 30.5 Å². The molecule has 136 valence electrons. The predicted octanol–water partition coefficient (Wildman–Crippen LogP) is 5.58. The largest absolute Gasteiger partial charge is 0.491 e. The third kappa shape index (κ3) is 3.46. The Kier molecular flexibility index (Phi) is 5.18. The molecule has 0 saturated carbocycles. The summed E-state index contributed by atoms with van der Waals surface area (Å²) in [6, 6.07) is 14.8. The van der Waals surface area contributed by atoms with Gasteiger partial charge in [0.05, 0.1) is 12.6 Å². The lowest BCUT2D eigenvalue weighted by atomic mass is 9.77. The SMILES string of the molecule is CCOCCOc1ccc2c(c1)C1C=CCC1C(c1cccc(Cl)c1)N2. The second kappa shape index (κ2) is 7.73. The Bertz CT molecular complexity index is 804. The molecule has 3 nitrogen and oxygen atoms in total. The van der Waals surface area contributed by atoms with Crippen molar-refractivity contribution < 1.29 is 9.47 Å². The average Bonchev–Trinajstić information content (AvgIpc) is 3.15. The Labute approximate surface area is 160 Å². The van der Waals surface area contributed by atoms with Gasteiger partial charge in [-0.25, -0.2) is 0 Å². The number of allylic oxidation sites excluding steroid dienone is 2. The summed E-state index contributed by atoms with van der Waals surface area (Å²) in [4.78, 5) is 0. The van der Waals surface area contributed by atoms with Crippen LogP contribution in [0, 0.1) is 5.92 Å². The molecule has 2 aliphatic rings. The fraction of sp³-hybridized carbons (Fsp3) is 0.364. The molecule has 0 aromatic heterocycles. The monoisotopic (exact) mass is 369 g/mol. The Balaban J connectivity index is 1.58. The molecule has 0 saturated heterocycles. The molecule has 1 heterocycles. The van der Waals surface area contributed by atoms with Crippen molar-refractivity contribution in [1.82, 2.24) is 0 Å². The minimum Gasteiger partial charge on any atom is -0.491 e. The second-order valence-electron chi connectivity index (χ2n) is 6.82. The standard InChI is InChI=1S/C22H24ClNO2/c1-2-25-11-12-26-17-9-10-21-20(14-17)18-7-4-8-19(18)22(24-21)15-5-3-6-16(23)13-15/h3-7,9-10,13-14,18-19,22,24H,2,8,11-12H2,1H3. The van der Waals surface area contributed by atoms with Crippen molar-refractivity contribution in [2.24, 2.45) is 5.92 Å². The highest BCUT2D eigenvalue weighted by atomic mass is 35.5. The zero-order valence-electron chi connectivity index (χ0n) is 15.0. The van der Waals surface area contributed by atoms with Gasteiger partial charge in [0.25, 0.3) is 0 Å². The van der Waals surface area contributed by atoms with Gasteiger partial charge in [0, 0.05) is 23.2 Å². The molecular formula is C22H24ClNO2. The summed E-state index contributed by atoms with van der Waals surface area (Å²) in [5.41, 5.74) is 3.75. The second-order valence-corrected chi connectivity index (χ2v) is 7.26. The molecule has 3 unspecified atom stereocenters. The molecule has 26 heavy (non-hydrogen) atoms. The van der Waals surface area contributed by atoms with Crippen molar-refractivity contribution in [2.45, 2.75) is 25.3 Å². The molecule has 4 rings (SSSR count).